The number of carbonyl (C=O) groups is 1. The molecule has 5 nitrogen and oxygen atoms in total. The molecule has 0 spiro atoms. The minimum Gasteiger partial charge on any atom is -0.481 e. The van der Waals surface area contributed by atoms with Crippen LogP contribution in [0.15, 0.2) is 48.7 Å². The molecule has 0 amide bonds. The zero-order chi connectivity index (χ0) is 19.6. The zero-order valence-corrected chi connectivity index (χ0v) is 16.3. The molecule has 0 radical (unpaired) electrons. The maximum Gasteiger partial charge on any atom is 0.305 e. The number of aromatic nitrogens is 1. The van der Waals surface area contributed by atoms with Gasteiger partial charge in [-0.05, 0) is 50.1 Å². The van der Waals surface area contributed by atoms with Crippen molar-refractivity contribution in [2.45, 2.75) is 39.3 Å². The smallest absolute Gasteiger partial charge is 0.305 e. The van der Waals surface area contributed by atoms with Crippen molar-refractivity contribution in [3.05, 3.63) is 59.8 Å². The standard InChI is InChI=1S/C22H27N3O2/c1-15-8-7-11-19-21(15)16(14-25(19)4)13-23-17-9-5-6-10-18(17)24-22(2,3)12-20(26)27/h5-11,14,23-24H,12-13H2,1-4H3,(H,26,27). The highest BCUT2D eigenvalue weighted by Gasteiger charge is 2.22. The van der Waals surface area contributed by atoms with Gasteiger partial charge in [0.05, 0.1) is 17.8 Å². The third kappa shape index (κ3) is 4.25. The molecule has 3 aromatic rings. The fourth-order valence-corrected chi connectivity index (χ4v) is 3.59. The minimum absolute atomic E-state index is 0.0455. The summed E-state index contributed by atoms with van der Waals surface area (Å²) >= 11 is 0. The van der Waals surface area contributed by atoms with Crippen molar-refractivity contribution < 1.29 is 9.90 Å². The Labute approximate surface area is 160 Å². The van der Waals surface area contributed by atoms with E-state index in [4.69, 9.17) is 5.11 Å². The lowest BCUT2D eigenvalue weighted by Crippen LogP contribution is -2.33. The highest BCUT2D eigenvalue weighted by molar-refractivity contribution is 5.87. The van der Waals surface area contributed by atoms with E-state index in [-0.39, 0.29) is 6.42 Å². The van der Waals surface area contributed by atoms with Gasteiger partial charge < -0.3 is 20.3 Å². The number of aliphatic carboxylic acids is 1. The number of anilines is 2. The van der Waals surface area contributed by atoms with Crippen LogP contribution in [-0.2, 0) is 18.4 Å². The number of benzene rings is 2. The molecule has 1 heterocycles. The molecule has 0 unspecified atom stereocenters. The lowest BCUT2D eigenvalue weighted by Gasteiger charge is -2.27. The van der Waals surface area contributed by atoms with Gasteiger partial charge in [0, 0.05) is 36.2 Å². The summed E-state index contributed by atoms with van der Waals surface area (Å²) in [7, 11) is 2.06. The van der Waals surface area contributed by atoms with Crippen molar-refractivity contribution >= 4 is 28.2 Å². The number of hydrogen-bond acceptors (Lipinski definition) is 3. The van der Waals surface area contributed by atoms with Crippen LogP contribution in [0.1, 0.15) is 31.4 Å². The van der Waals surface area contributed by atoms with Gasteiger partial charge >= 0.3 is 5.97 Å². The maximum atomic E-state index is 11.1. The number of carboxylic acids is 1. The van der Waals surface area contributed by atoms with Crippen LogP contribution in [0.4, 0.5) is 11.4 Å². The number of fused-ring (bicyclic) bond motifs is 1. The molecular formula is C22H27N3O2. The highest BCUT2D eigenvalue weighted by Crippen LogP contribution is 2.29. The molecule has 0 aliphatic carbocycles. The Bertz CT molecular complexity index is 973. The zero-order valence-electron chi connectivity index (χ0n) is 16.3. The van der Waals surface area contributed by atoms with Gasteiger partial charge in [0.25, 0.3) is 0 Å². The molecule has 0 fully saturated rings. The van der Waals surface area contributed by atoms with Gasteiger partial charge in [-0.25, -0.2) is 0 Å². The molecule has 0 atom stereocenters. The largest absolute Gasteiger partial charge is 0.481 e. The molecule has 3 N–H and O–H groups in total. The third-order valence-electron chi connectivity index (χ3n) is 4.76. The van der Waals surface area contributed by atoms with E-state index in [0.29, 0.717) is 6.54 Å². The van der Waals surface area contributed by atoms with Crippen molar-refractivity contribution in [1.82, 2.24) is 4.57 Å². The van der Waals surface area contributed by atoms with Crippen LogP contribution in [-0.4, -0.2) is 21.2 Å². The van der Waals surface area contributed by atoms with Crippen LogP contribution < -0.4 is 10.6 Å². The average molecular weight is 365 g/mol. The summed E-state index contributed by atoms with van der Waals surface area (Å²) in [6, 6.07) is 14.3. The first kappa shape index (κ1) is 18.8. The molecule has 142 valence electrons. The predicted molar refractivity (Wildman–Crippen MR) is 111 cm³/mol. The fourth-order valence-electron chi connectivity index (χ4n) is 3.59. The Morgan fingerprint density at radius 1 is 1.11 bits per heavy atom. The quantitative estimate of drug-likeness (QED) is 0.564. The van der Waals surface area contributed by atoms with Crippen LogP contribution in [0.2, 0.25) is 0 Å². The Kier molecular flexibility index (Phi) is 5.13. The van der Waals surface area contributed by atoms with Gasteiger partial charge in [-0.15, -0.1) is 0 Å². The van der Waals surface area contributed by atoms with Crippen LogP contribution >= 0.6 is 0 Å². The van der Waals surface area contributed by atoms with Gasteiger partial charge in [-0.2, -0.15) is 0 Å². The summed E-state index contributed by atoms with van der Waals surface area (Å²) in [5.74, 6) is -0.816. The first-order valence-electron chi connectivity index (χ1n) is 9.13. The van der Waals surface area contributed by atoms with Gasteiger partial charge in [-0.1, -0.05) is 24.3 Å². The Hall–Kier alpha value is -2.95. The van der Waals surface area contributed by atoms with Crippen molar-refractivity contribution in [1.29, 1.82) is 0 Å². The van der Waals surface area contributed by atoms with Crippen LogP contribution in [0.25, 0.3) is 10.9 Å². The Morgan fingerprint density at radius 3 is 2.52 bits per heavy atom. The SMILES string of the molecule is Cc1cccc2c1c(CNc1ccccc1NC(C)(C)CC(=O)O)cn2C. The maximum absolute atomic E-state index is 11.1. The Balaban J connectivity index is 1.83. The molecule has 0 aliphatic heterocycles. The summed E-state index contributed by atoms with van der Waals surface area (Å²) in [5.41, 5.74) is 5.05. The topological polar surface area (TPSA) is 66.3 Å². The number of rotatable bonds is 7. The van der Waals surface area contributed by atoms with E-state index >= 15 is 0 Å². The van der Waals surface area contributed by atoms with Gasteiger partial charge in [0.1, 0.15) is 0 Å². The monoisotopic (exact) mass is 365 g/mol. The second kappa shape index (κ2) is 7.35. The van der Waals surface area contributed by atoms with E-state index in [1.165, 1.54) is 22.0 Å². The second-order valence-corrected chi connectivity index (χ2v) is 7.71. The molecule has 1 aromatic heterocycles. The molecule has 3 rings (SSSR count). The number of nitrogens with one attached hydrogen (secondary N) is 2. The van der Waals surface area contributed by atoms with E-state index in [0.717, 1.165) is 11.4 Å². The first-order valence-corrected chi connectivity index (χ1v) is 9.13. The summed E-state index contributed by atoms with van der Waals surface area (Å²) in [4.78, 5) is 11.1. The van der Waals surface area contributed by atoms with Gasteiger partial charge in [-0.3, -0.25) is 4.79 Å². The van der Waals surface area contributed by atoms with Crippen LogP contribution in [0.3, 0.4) is 0 Å². The molecule has 0 saturated carbocycles. The molecular weight excluding hydrogens is 338 g/mol. The number of aryl methyl sites for hydroxylation is 2. The summed E-state index contributed by atoms with van der Waals surface area (Å²) in [6.07, 6.45) is 2.21. The molecule has 0 bridgehead atoms. The number of hydrogen-bond donors (Lipinski definition) is 3. The van der Waals surface area contributed by atoms with Crippen LogP contribution in [0.5, 0.6) is 0 Å². The first-order chi connectivity index (χ1) is 12.8. The molecule has 0 aliphatic rings. The molecule has 27 heavy (non-hydrogen) atoms. The lowest BCUT2D eigenvalue weighted by atomic mass is 10.00. The number of carboxylic acid groups (broad SMARTS) is 1. The summed E-state index contributed by atoms with van der Waals surface area (Å²) in [5, 5.41) is 17.3. The highest BCUT2D eigenvalue weighted by atomic mass is 16.4. The third-order valence-corrected chi connectivity index (χ3v) is 4.76. The fraction of sp³-hybridized carbons (Fsp3) is 0.318. The van der Waals surface area contributed by atoms with Crippen molar-refractivity contribution in [2.24, 2.45) is 7.05 Å². The van der Waals surface area contributed by atoms with E-state index < -0.39 is 11.5 Å². The van der Waals surface area contributed by atoms with E-state index in [2.05, 4.69) is 53.6 Å². The summed E-state index contributed by atoms with van der Waals surface area (Å²) < 4.78 is 2.15. The van der Waals surface area contributed by atoms with Crippen molar-refractivity contribution in [3.63, 3.8) is 0 Å². The van der Waals surface area contributed by atoms with Crippen molar-refractivity contribution in [2.75, 3.05) is 10.6 Å². The van der Waals surface area contributed by atoms with Crippen LogP contribution in [0, 0.1) is 6.92 Å². The molecule has 2 aromatic carbocycles. The predicted octanol–water partition coefficient (Wildman–Crippen LogP) is 4.76. The van der Waals surface area contributed by atoms with E-state index in [1.54, 1.807) is 0 Å². The Morgan fingerprint density at radius 2 is 1.81 bits per heavy atom. The van der Waals surface area contributed by atoms with Gasteiger partial charge in [0.2, 0.25) is 0 Å². The minimum atomic E-state index is -0.816. The molecule has 0 saturated heterocycles. The normalized spacial score (nSPS) is 11.6. The lowest BCUT2D eigenvalue weighted by molar-refractivity contribution is -0.137. The summed E-state index contributed by atoms with van der Waals surface area (Å²) in [6.45, 7) is 6.62. The number of nitrogens with zero attached hydrogens (tertiary/aromatic N) is 1. The molecule has 5 heteroatoms. The second-order valence-electron chi connectivity index (χ2n) is 7.71. The van der Waals surface area contributed by atoms with Crippen molar-refractivity contribution in [3.8, 4) is 0 Å². The van der Waals surface area contributed by atoms with E-state index in [9.17, 15) is 4.79 Å². The van der Waals surface area contributed by atoms with Gasteiger partial charge in [0.15, 0.2) is 0 Å². The van der Waals surface area contributed by atoms with E-state index in [1.807, 2.05) is 38.1 Å². The average Bonchev–Trinajstić information content (AvgIpc) is 2.90. The number of para-hydroxylation sites is 2.